The molecule has 0 radical (unpaired) electrons. The molecule has 3 rings (SSSR count). The number of rotatable bonds is 6. The van der Waals surface area contributed by atoms with Crippen LogP contribution in [0.4, 0.5) is 14.9 Å². The largest absolute Gasteiger partial charge is 0.444 e. The zero-order valence-electron chi connectivity index (χ0n) is 18.4. The summed E-state index contributed by atoms with van der Waals surface area (Å²) in [6.45, 7) is 9.71. The number of nitrogens with zero attached hydrogens (tertiary/aromatic N) is 3. The molecule has 0 aliphatic carbocycles. The summed E-state index contributed by atoms with van der Waals surface area (Å²) in [4.78, 5) is 14.0. The third-order valence-corrected chi connectivity index (χ3v) is 5.26. The van der Waals surface area contributed by atoms with Crippen LogP contribution in [0.5, 0.6) is 0 Å². The Morgan fingerprint density at radius 2 is 2.00 bits per heavy atom. The number of anilines is 1. The lowest BCUT2D eigenvalue weighted by molar-refractivity contribution is 0.0185. The summed E-state index contributed by atoms with van der Waals surface area (Å²) in [6.07, 6.45) is 7.13. The van der Waals surface area contributed by atoms with Crippen molar-refractivity contribution in [1.29, 1.82) is 0 Å². The molecule has 1 aromatic heterocycles. The molecule has 1 amide bonds. The molecule has 0 saturated carbocycles. The molecule has 0 bridgehead atoms. The fourth-order valence-electron chi connectivity index (χ4n) is 3.73. The van der Waals surface area contributed by atoms with Crippen molar-refractivity contribution >= 4 is 11.8 Å². The summed E-state index contributed by atoms with van der Waals surface area (Å²) in [5, 5.41) is 7.91. The number of halogens is 1. The van der Waals surface area contributed by atoms with Crippen LogP contribution >= 0.6 is 0 Å². The second-order valence-electron chi connectivity index (χ2n) is 8.92. The molecule has 0 atom stereocenters. The number of ether oxygens (including phenoxy) is 1. The number of carbonyl (C=O) groups excluding carboxylic acids is 1. The topological polar surface area (TPSA) is 59.4 Å². The van der Waals surface area contributed by atoms with Gasteiger partial charge in [0, 0.05) is 25.8 Å². The van der Waals surface area contributed by atoms with Gasteiger partial charge >= 0.3 is 6.09 Å². The fourth-order valence-corrected chi connectivity index (χ4v) is 3.73. The highest BCUT2D eigenvalue weighted by atomic mass is 19.1. The van der Waals surface area contributed by atoms with E-state index in [0.717, 1.165) is 42.5 Å². The average Bonchev–Trinajstić information content (AvgIpc) is 3.15. The first kappa shape index (κ1) is 22.1. The molecule has 1 N–H and O–H groups in total. The van der Waals surface area contributed by atoms with Crippen LogP contribution in [0.15, 0.2) is 30.6 Å². The lowest BCUT2D eigenvalue weighted by atomic mass is 10.0. The highest BCUT2D eigenvalue weighted by Crippen LogP contribution is 2.25. The Labute approximate surface area is 178 Å². The summed E-state index contributed by atoms with van der Waals surface area (Å²) in [5.74, 6) is -0.187. The van der Waals surface area contributed by atoms with Crippen LogP contribution in [0.2, 0.25) is 0 Å². The minimum Gasteiger partial charge on any atom is -0.444 e. The van der Waals surface area contributed by atoms with Gasteiger partial charge in [0.2, 0.25) is 0 Å². The molecule has 2 aromatic rings. The van der Waals surface area contributed by atoms with Gasteiger partial charge in [-0.2, -0.15) is 5.10 Å². The van der Waals surface area contributed by atoms with Crippen LogP contribution in [0, 0.1) is 5.82 Å². The van der Waals surface area contributed by atoms with Crippen molar-refractivity contribution in [1.82, 2.24) is 14.7 Å². The molecule has 1 fully saturated rings. The standard InChI is InChI=1S/C23H33FN4O2/c1-5-6-17-13-19(24)8-7-18(17)14-25-20-15-26-28(16-20)21-9-11-27(12-10-21)22(29)30-23(2,3)4/h7-8,13,15-16,21,25H,5-6,9-12,14H2,1-4H3. The molecule has 7 heteroatoms. The Morgan fingerprint density at radius 1 is 1.27 bits per heavy atom. The van der Waals surface area contributed by atoms with Crippen molar-refractivity contribution in [2.45, 2.75) is 71.6 Å². The van der Waals surface area contributed by atoms with Gasteiger partial charge in [-0.3, -0.25) is 4.68 Å². The summed E-state index contributed by atoms with van der Waals surface area (Å²) >= 11 is 0. The first-order chi connectivity index (χ1) is 14.2. The number of likely N-dealkylation sites (tertiary alicyclic amines) is 1. The fraction of sp³-hybridized carbons (Fsp3) is 0.565. The van der Waals surface area contributed by atoms with Crippen LogP contribution in [0.25, 0.3) is 0 Å². The molecule has 1 aromatic carbocycles. The Hall–Kier alpha value is -2.57. The van der Waals surface area contributed by atoms with E-state index in [-0.39, 0.29) is 18.0 Å². The third-order valence-electron chi connectivity index (χ3n) is 5.26. The molecule has 1 saturated heterocycles. The highest BCUT2D eigenvalue weighted by Gasteiger charge is 2.27. The zero-order valence-corrected chi connectivity index (χ0v) is 18.4. The Morgan fingerprint density at radius 3 is 2.67 bits per heavy atom. The molecule has 6 nitrogen and oxygen atoms in total. The third kappa shape index (κ3) is 5.97. The van der Waals surface area contributed by atoms with Crippen molar-refractivity contribution in [2.75, 3.05) is 18.4 Å². The van der Waals surface area contributed by atoms with E-state index in [2.05, 4.69) is 17.3 Å². The van der Waals surface area contributed by atoms with E-state index in [1.54, 1.807) is 11.0 Å². The number of benzene rings is 1. The molecule has 2 heterocycles. The maximum Gasteiger partial charge on any atom is 0.410 e. The first-order valence-electron chi connectivity index (χ1n) is 10.8. The number of aromatic nitrogens is 2. The van der Waals surface area contributed by atoms with Gasteiger partial charge in [-0.1, -0.05) is 19.4 Å². The lowest BCUT2D eigenvalue weighted by Crippen LogP contribution is -2.42. The van der Waals surface area contributed by atoms with E-state index in [4.69, 9.17) is 4.74 Å². The van der Waals surface area contributed by atoms with Gasteiger partial charge in [-0.25, -0.2) is 9.18 Å². The van der Waals surface area contributed by atoms with E-state index in [0.29, 0.717) is 19.6 Å². The van der Waals surface area contributed by atoms with Crippen LogP contribution in [0.3, 0.4) is 0 Å². The minimum atomic E-state index is -0.474. The minimum absolute atomic E-state index is 0.187. The average molecular weight is 417 g/mol. The van der Waals surface area contributed by atoms with Gasteiger partial charge < -0.3 is 15.0 Å². The molecule has 30 heavy (non-hydrogen) atoms. The molecule has 0 unspecified atom stereocenters. The number of hydrogen-bond acceptors (Lipinski definition) is 4. The number of carbonyl (C=O) groups is 1. The SMILES string of the molecule is CCCc1cc(F)ccc1CNc1cnn(C2CCN(C(=O)OC(C)(C)C)CC2)c1. The number of amides is 1. The van der Waals surface area contributed by atoms with E-state index in [9.17, 15) is 9.18 Å². The Balaban J connectivity index is 1.53. The highest BCUT2D eigenvalue weighted by molar-refractivity contribution is 5.68. The van der Waals surface area contributed by atoms with Gasteiger partial charge in [0.15, 0.2) is 0 Å². The van der Waals surface area contributed by atoms with Crippen molar-refractivity contribution in [3.05, 3.63) is 47.5 Å². The van der Waals surface area contributed by atoms with Gasteiger partial charge in [0.1, 0.15) is 11.4 Å². The van der Waals surface area contributed by atoms with Crippen LogP contribution in [-0.2, 0) is 17.7 Å². The second kappa shape index (κ2) is 9.49. The normalized spacial score (nSPS) is 15.3. The van der Waals surface area contributed by atoms with E-state index in [1.165, 1.54) is 6.07 Å². The van der Waals surface area contributed by atoms with Gasteiger partial charge in [-0.05, 0) is 63.3 Å². The monoisotopic (exact) mass is 416 g/mol. The van der Waals surface area contributed by atoms with Crippen molar-refractivity contribution in [2.24, 2.45) is 0 Å². The molecule has 164 valence electrons. The zero-order chi connectivity index (χ0) is 21.7. The van der Waals surface area contributed by atoms with Gasteiger partial charge in [0.25, 0.3) is 0 Å². The van der Waals surface area contributed by atoms with E-state index < -0.39 is 5.60 Å². The van der Waals surface area contributed by atoms with Crippen LogP contribution < -0.4 is 5.32 Å². The molecular formula is C23H33FN4O2. The maximum atomic E-state index is 13.5. The van der Waals surface area contributed by atoms with Crippen LogP contribution in [0.1, 0.15) is 64.1 Å². The molecular weight excluding hydrogens is 383 g/mol. The number of piperidine rings is 1. The predicted octanol–water partition coefficient (Wildman–Crippen LogP) is 5.16. The Kier molecular flexibility index (Phi) is 7.00. The lowest BCUT2D eigenvalue weighted by Gasteiger charge is -2.33. The van der Waals surface area contributed by atoms with Gasteiger partial charge in [0.05, 0.1) is 17.9 Å². The first-order valence-corrected chi connectivity index (χ1v) is 10.8. The van der Waals surface area contributed by atoms with E-state index >= 15 is 0 Å². The number of nitrogens with one attached hydrogen (secondary N) is 1. The molecule has 1 aliphatic heterocycles. The summed E-state index contributed by atoms with van der Waals surface area (Å²) in [6, 6.07) is 5.26. The van der Waals surface area contributed by atoms with Crippen molar-refractivity contribution in [3.63, 3.8) is 0 Å². The molecule has 1 aliphatic rings. The van der Waals surface area contributed by atoms with Gasteiger partial charge in [-0.15, -0.1) is 0 Å². The van der Waals surface area contributed by atoms with Crippen molar-refractivity contribution in [3.8, 4) is 0 Å². The van der Waals surface area contributed by atoms with Crippen LogP contribution in [-0.4, -0.2) is 39.5 Å². The number of aryl methyl sites for hydroxylation is 1. The smallest absolute Gasteiger partial charge is 0.410 e. The van der Waals surface area contributed by atoms with Crippen molar-refractivity contribution < 1.29 is 13.9 Å². The quantitative estimate of drug-likeness (QED) is 0.707. The van der Waals surface area contributed by atoms with E-state index in [1.807, 2.05) is 43.9 Å². The predicted molar refractivity (Wildman–Crippen MR) is 116 cm³/mol. The number of hydrogen-bond donors (Lipinski definition) is 1. The second-order valence-corrected chi connectivity index (χ2v) is 8.92. The summed E-state index contributed by atoms with van der Waals surface area (Å²) in [5.41, 5.74) is 2.62. The summed E-state index contributed by atoms with van der Waals surface area (Å²) in [7, 11) is 0. The summed E-state index contributed by atoms with van der Waals surface area (Å²) < 4.78 is 21.0. The Bertz CT molecular complexity index is 851. The molecule has 0 spiro atoms. The maximum absolute atomic E-state index is 13.5.